The van der Waals surface area contributed by atoms with E-state index in [1.54, 1.807) is 12.2 Å². The van der Waals surface area contributed by atoms with Crippen LogP contribution in [0.5, 0.6) is 0 Å². The molecule has 0 aromatic heterocycles. The molecule has 1 unspecified atom stereocenters. The third kappa shape index (κ3) is 3.95. The Morgan fingerprint density at radius 3 is 2.32 bits per heavy atom. The highest BCUT2D eigenvalue weighted by atomic mass is 16.1. The van der Waals surface area contributed by atoms with Crippen LogP contribution in [0.25, 0.3) is 0 Å². The molecule has 3 N–H and O–H groups in total. The van der Waals surface area contributed by atoms with E-state index >= 15 is 0 Å². The molecule has 0 radical (unpaired) electrons. The molecule has 6 aliphatic carbocycles. The highest BCUT2D eigenvalue weighted by Crippen LogP contribution is 2.54. The highest BCUT2D eigenvalue weighted by molar-refractivity contribution is 5.94. The van der Waals surface area contributed by atoms with E-state index in [0.717, 1.165) is 38.1 Å². The lowest BCUT2D eigenvalue weighted by atomic mass is 9.55. The monoisotopic (exact) mass is 496 g/mol. The third-order valence-electron chi connectivity index (χ3n) is 9.93. The fourth-order valence-corrected chi connectivity index (χ4v) is 8.77. The van der Waals surface area contributed by atoms with Crippen molar-refractivity contribution in [1.82, 2.24) is 5.32 Å². The second-order valence-electron chi connectivity index (χ2n) is 12.4. The SMILES string of the molecule is C/C=C1\[C@H]2C=C(C)C[C@]1(N)C1=C(CC(=O)C=C1)C2.CC1=CC2CC3=C(C=CC(=O)C3)[C@]3(C1)NCCC[C@H]23. The zero-order valence-corrected chi connectivity index (χ0v) is 22.5. The van der Waals surface area contributed by atoms with Crippen LogP contribution in [-0.2, 0) is 9.59 Å². The van der Waals surface area contributed by atoms with Crippen molar-refractivity contribution in [2.75, 3.05) is 6.54 Å². The lowest BCUT2D eigenvalue weighted by molar-refractivity contribution is -0.115. The van der Waals surface area contributed by atoms with Crippen LogP contribution < -0.4 is 11.1 Å². The molecule has 1 saturated heterocycles. The number of carbonyl (C=O) groups excluding carboxylic acids is 2. The summed E-state index contributed by atoms with van der Waals surface area (Å²) in [5.41, 5.74) is 16.0. The molecular formula is C33H40N2O2. The number of fused-ring (bicyclic) bond motifs is 3. The number of piperidine rings is 1. The van der Waals surface area contributed by atoms with Gasteiger partial charge in [0.15, 0.2) is 11.6 Å². The first-order valence-electron chi connectivity index (χ1n) is 14.2. The first-order chi connectivity index (χ1) is 17.7. The molecule has 0 amide bonds. The number of ketones is 2. The number of hydrogen-bond acceptors (Lipinski definition) is 4. The second kappa shape index (κ2) is 9.03. The molecule has 0 saturated carbocycles. The molecule has 37 heavy (non-hydrogen) atoms. The molecule has 1 fully saturated rings. The number of hydrogen-bond donors (Lipinski definition) is 2. The van der Waals surface area contributed by atoms with Crippen molar-refractivity contribution in [2.24, 2.45) is 23.5 Å². The Kier molecular flexibility index (Phi) is 6.04. The summed E-state index contributed by atoms with van der Waals surface area (Å²) in [5, 5.41) is 3.85. The van der Waals surface area contributed by atoms with Crippen molar-refractivity contribution >= 4 is 11.6 Å². The minimum absolute atomic E-state index is 0.145. The number of nitrogens with two attached hydrogens (primary N) is 1. The summed E-state index contributed by atoms with van der Waals surface area (Å²) in [6.07, 6.45) is 22.5. The molecule has 4 nitrogen and oxygen atoms in total. The van der Waals surface area contributed by atoms with Crippen LogP contribution in [0, 0.1) is 17.8 Å². The van der Waals surface area contributed by atoms with Gasteiger partial charge >= 0.3 is 0 Å². The normalized spacial score (nSPS) is 38.8. The Morgan fingerprint density at radius 2 is 1.59 bits per heavy atom. The van der Waals surface area contributed by atoms with Gasteiger partial charge in [-0.2, -0.15) is 0 Å². The Balaban J connectivity index is 0.000000136. The van der Waals surface area contributed by atoms with Crippen LogP contribution in [0.1, 0.15) is 72.1 Å². The van der Waals surface area contributed by atoms with E-state index in [9.17, 15) is 9.59 Å². The zero-order valence-electron chi connectivity index (χ0n) is 22.5. The molecule has 5 atom stereocenters. The van der Waals surface area contributed by atoms with Crippen molar-refractivity contribution in [2.45, 2.75) is 83.2 Å². The van der Waals surface area contributed by atoms with Crippen molar-refractivity contribution in [3.05, 3.63) is 81.5 Å². The molecule has 7 aliphatic rings. The lowest BCUT2D eigenvalue weighted by Crippen LogP contribution is -2.61. The van der Waals surface area contributed by atoms with Crippen LogP contribution in [0.15, 0.2) is 81.5 Å². The topological polar surface area (TPSA) is 72.2 Å². The molecule has 0 aromatic rings. The van der Waals surface area contributed by atoms with Gasteiger partial charge < -0.3 is 11.1 Å². The molecule has 194 valence electrons. The van der Waals surface area contributed by atoms with E-state index in [1.165, 1.54) is 51.9 Å². The molecule has 1 aliphatic heterocycles. The first kappa shape index (κ1) is 24.8. The molecule has 7 rings (SSSR count). The largest absolute Gasteiger partial charge is 0.318 e. The van der Waals surface area contributed by atoms with E-state index in [4.69, 9.17) is 5.73 Å². The predicted octanol–water partition coefficient (Wildman–Crippen LogP) is 5.75. The Morgan fingerprint density at radius 1 is 0.919 bits per heavy atom. The van der Waals surface area contributed by atoms with Crippen molar-refractivity contribution < 1.29 is 9.59 Å². The van der Waals surface area contributed by atoms with E-state index in [1.807, 2.05) is 6.08 Å². The van der Waals surface area contributed by atoms with Crippen LogP contribution in [-0.4, -0.2) is 29.2 Å². The predicted molar refractivity (Wildman–Crippen MR) is 149 cm³/mol. The summed E-state index contributed by atoms with van der Waals surface area (Å²) in [6.45, 7) is 7.62. The first-order valence-corrected chi connectivity index (χ1v) is 14.2. The number of allylic oxidation sites excluding steroid dienone is 7. The van der Waals surface area contributed by atoms with Crippen LogP contribution in [0.3, 0.4) is 0 Å². The van der Waals surface area contributed by atoms with E-state index in [2.05, 4.69) is 50.4 Å². The van der Waals surface area contributed by atoms with Gasteiger partial charge in [0.2, 0.25) is 0 Å². The average molecular weight is 497 g/mol. The van der Waals surface area contributed by atoms with Crippen LogP contribution in [0.4, 0.5) is 0 Å². The molecule has 0 aromatic carbocycles. The minimum Gasteiger partial charge on any atom is -0.318 e. The standard InChI is InChI=1S/C17H21NO.C16H19NO/c1-11-7-12-8-13-9-14(19)4-5-16(13)17(10-11)15(12)3-2-6-18-17;1-3-14-11-6-10(2)9-16(14,17)15-5-4-13(18)8-12(15)7-11/h4-5,7,12,15,18H,2-3,6,8-10H2,1H3;3-6,11H,7-9,17H2,1-2H3/b;14-3+/t12?,15-,17-;11-,16+/m10/s1. The summed E-state index contributed by atoms with van der Waals surface area (Å²) < 4.78 is 0. The van der Waals surface area contributed by atoms with E-state index in [0.29, 0.717) is 24.7 Å². The van der Waals surface area contributed by atoms with Crippen molar-refractivity contribution in [3.63, 3.8) is 0 Å². The Labute approximate surface area is 221 Å². The summed E-state index contributed by atoms with van der Waals surface area (Å²) >= 11 is 0. The fourth-order valence-electron chi connectivity index (χ4n) is 8.77. The summed E-state index contributed by atoms with van der Waals surface area (Å²) in [6, 6.07) is 0. The third-order valence-corrected chi connectivity index (χ3v) is 9.93. The summed E-state index contributed by atoms with van der Waals surface area (Å²) in [7, 11) is 0. The molecule has 4 bridgehead atoms. The molecule has 0 spiro atoms. The minimum atomic E-state index is -0.372. The van der Waals surface area contributed by atoms with Gasteiger partial charge in [-0.1, -0.05) is 52.7 Å². The number of carbonyl (C=O) groups is 2. The maximum atomic E-state index is 11.7. The highest BCUT2D eigenvalue weighted by Gasteiger charge is 2.52. The summed E-state index contributed by atoms with van der Waals surface area (Å²) in [4.78, 5) is 23.3. The summed E-state index contributed by atoms with van der Waals surface area (Å²) in [5.74, 6) is 2.27. The van der Waals surface area contributed by atoms with Gasteiger partial charge in [0.05, 0.1) is 11.1 Å². The van der Waals surface area contributed by atoms with Gasteiger partial charge in [-0.15, -0.1) is 0 Å². The van der Waals surface area contributed by atoms with Gasteiger partial charge in [0.1, 0.15) is 0 Å². The number of nitrogens with one attached hydrogen (secondary N) is 1. The van der Waals surface area contributed by atoms with Crippen molar-refractivity contribution in [1.29, 1.82) is 0 Å². The molecular weight excluding hydrogens is 456 g/mol. The Hall–Kier alpha value is -2.56. The lowest BCUT2D eigenvalue weighted by Gasteiger charge is -2.56. The van der Waals surface area contributed by atoms with Gasteiger partial charge in [-0.05, 0) is 107 Å². The smallest absolute Gasteiger partial charge is 0.159 e. The van der Waals surface area contributed by atoms with Gasteiger partial charge in [-0.25, -0.2) is 0 Å². The second-order valence-corrected chi connectivity index (χ2v) is 12.4. The van der Waals surface area contributed by atoms with E-state index in [-0.39, 0.29) is 22.6 Å². The quantitative estimate of drug-likeness (QED) is 0.419. The van der Waals surface area contributed by atoms with Crippen LogP contribution in [0.2, 0.25) is 0 Å². The van der Waals surface area contributed by atoms with Crippen molar-refractivity contribution in [3.8, 4) is 0 Å². The zero-order chi connectivity index (χ0) is 25.9. The van der Waals surface area contributed by atoms with Gasteiger partial charge in [0, 0.05) is 18.8 Å². The molecule has 4 heteroatoms. The molecule has 1 heterocycles. The Bertz CT molecular complexity index is 1280. The van der Waals surface area contributed by atoms with E-state index < -0.39 is 0 Å². The van der Waals surface area contributed by atoms with Gasteiger partial charge in [0.25, 0.3) is 0 Å². The maximum Gasteiger partial charge on any atom is 0.159 e. The average Bonchev–Trinajstić information content (AvgIpc) is 2.83. The maximum absolute atomic E-state index is 11.7. The van der Waals surface area contributed by atoms with Crippen LogP contribution >= 0.6 is 0 Å². The van der Waals surface area contributed by atoms with Gasteiger partial charge in [-0.3, -0.25) is 9.59 Å². The number of rotatable bonds is 0. The fraction of sp³-hybridized carbons (Fsp3) is 0.515.